The molecule has 4 nitrogen and oxygen atoms in total. The number of halogens is 4. The molecule has 0 unspecified atom stereocenters. The second-order valence-electron chi connectivity index (χ2n) is 4.86. The van der Waals surface area contributed by atoms with E-state index in [1.54, 1.807) is 6.07 Å². The molecular formula is C16H8F4N2O2S2. The maximum atomic E-state index is 13.0. The quantitative estimate of drug-likeness (QED) is 0.523. The van der Waals surface area contributed by atoms with E-state index < -0.39 is 11.1 Å². The van der Waals surface area contributed by atoms with Gasteiger partial charge in [-0.05, 0) is 24.3 Å². The van der Waals surface area contributed by atoms with Crippen molar-refractivity contribution in [2.75, 3.05) is 0 Å². The summed E-state index contributed by atoms with van der Waals surface area (Å²) in [5.74, 6) is -0.0348. The van der Waals surface area contributed by atoms with Gasteiger partial charge >= 0.3 is 6.18 Å². The normalized spacial score (nSPS) is 11.2. The van der Waals surface area contributed by atoms with Gasteiger partial charge in [-0.1, -0.05) is 11.3 Å². The molecule has 3 aromatic heterocycles. The summed E-state index contributed by atoms with van der Waals surface area (Å²) < 4.78 is 61.6. The van der Waals surface area contributed by atoms with E-state index in [-0.39, 0.29) is 34.1 Å². The highest BCUT2D eigenvalue weighted by atomic mass is 32.1. The number of thiophene rings is 2. The van der Waals surface area contributed by atoms with Crippen LogP contribution >= 0.6 is 22.7 Å². The summed E-state index contributed by atoms with van der Waals surface area (Å²) in [6, 6.07) is 9.45. The maximum absolute atomic E-state index is 13.0. The van der Waals surface area contributed by atoms with E-state index in [2.05, 4.69) is 4.98 Å². The fourth-order valence-electron chi connectivity index (χ4n) is 1.88. The molecule has 0 saturated carbocycles. The summed E-state index contributed by atoms with van der Waals surface area (Å²) >= 11 is 1.32. The van der Waals surface area contributed by atoms with Crippen LogP contribution in [-0.4, -0.2) is 4.98 Å². The van der Waals surface area contributed by atoms with E-state index >= 15 is 0 Å². The zero-order chi connectivity index (χ0) is 18.7. The number of alkyl halides is 3. The van der Waals surface area contributed by atoms with Crippen LogP contribution in [0.2, 0.25) is 0 Å². The van der Waals surface area contributed by atoms with Gasteiger partial charge in [0.05, 0.1) is 11.6 Å². The first-order valence-corrected chi connectivity index (χ1v) is 8.61. The van der Waals surface area contributed by atoms with Gasteiger partial charge in [0, 0.05) is 17.0 Å². The molecule has 0 saturated heterocycles. The number of hydrogen-bond acceptors (Lipinski definition) is 6. The Hall–Kier alpha value is -2.64. The topological polar surface area (TPSA) is 55.1 Å². The molecule has 0 bridgehead atoms. The molecule has 0 aliphatic rings. The van der Waals surface area contributed by atoms with Gasteiger partial charge in [-0.3, -0.25) is 0 Å². The molecule has 3 aromatic rings. The predicted molar refractivity (Wildman–Crippen MR) is 87.0 cm³/mol. The Balaban J connectivity index is 1.76. The van der Waals surface area contributed by atoms with Gasteiger partial charge in [0.25, 0.3) is 0 Å². The van der Waals surface area contributed by atoms with Gasteiger partial charge in [0.2, 0.25) is 11.8 Å². The smallest absolute Gasteiger partial charge is 0.425 e. The van der Waals surface area contributed by atoms with Gasteiger partial charge in [0.1, 0.15) is 11.5 Å². The molecule has 0 fully saturated rings. The number of hydrogen-bond donors (Lipinski definition) is 0. The van der Waals surface area contributed by atoms with E-state index in [0.29, 0.717) is 16.2 Å². The fraction of sp³-hybridized carbons (Fsp3) is 0.125. The molecule has 26 heavy (non-hydrogen) atoms. The second kappa shape index (κ2) is 7.31. The van der Waals surface area contributed by atoms with E-state index in [1.807, 2.05) is 6.07 Å². The van der Waals surface area contributed by atoms with Gasteiger partial charge in [0.15, 0.2) is 10.2 Å². The van der Waals surface area contributed by atoms with Crippen LogP contribution in [-0.2, 0) is 12.8 Å². The third kappa shape index (κ3) is 4.50. The Morgan fingerprint density at radius 1 is 1.08 bits per heavy atom. The van der Waals surface area contributed by atoms with Crippen LogP contribution in [0.5, 0.6) is 16.8 Å². The highest BCUT2D eigenvalue weighted by Gasteiger charge is 2.32. The zero-order valence-corrected chi connectivity index (χ0v) is 14.3. The van der Waals surface area contributed by atoms with Crippen molar-refractivity contribution >= 4 is 22.7 Å². The van der Waals surface area contributed by atoms with Crippen molar-refractivity contribution in [2.24, 2.45) is 0 Å². The average molecular weight is 400 g/mol. The van der Waals surface area contributed by atoms with Crippen molar-refractivity contribution in [1.29, 1.82) is 5.26 Å². The minimum Gasteiger partial charge on any atom is -0.472 e. The van der Waals surface area contributed by atoms with Crippen LogP contribution in [0.15, 0.2) is 36.4 Å². The summed E-state index contributed by atoms with van der Waals surface area (Å²) in [4.78, 5) is 3.82. The summed E-state index contributed by atoms with van der Waals surface area (Å²) in [5, 5.41) is 8.69. The molecule has 134 valence electrons. The molecule has 0 aliphatic heterocycles. The number of ether oxygens (including phenoxy) is 2. The third-order valence-corrected chi connectivity index (χ3v) is 4.82. The summed E-state index contributed by atoms with van der Waals surface area (Å²) in [7, 11) is 0. The second-order valence-corrected chi connectivity index (χ2v) is 7.02. The summed E-state index contributed by atoms with van der Waals surface area (Å²) in [6.45, 7) is 0.0349. The molecule has 0 spiro atoms. The Morgan fingerprint density at radius 2 is 1.85 bits per heavy atom. The minimum absolute atomic E-state index is 0.0220. The van der Waals surface area contributed by atoms with Gasteiger partial charge in [-0.15, -0.1) is 11.3 Å². The lowest BCUT2D eigenvalue weighted by Gasteiger charge is -2.07. The SMILES string of the molecule is N#Cc1cc(OCc2ccc(F)s2)nc(Oc2ccc(C(F)(F)F)s2)c1. The molecule has 0 atom stereocenters. The lowest BCUT2D eigenvalue weighted by molar-refractivity contribution is -0.134. The Morgan fingerprint density at radius 3 is 2.46 bits per heavy atom. The van der Waals surface area contributed by atoms with Gasteiger partial charge in [-0.2, -0.15) is 27.8 Å². The number of pyridine rings is 1. The monoisotopic (exact) mass is 400 g/mol. The van der Waals surface area contributed by atoms with Crippen LogP contribution in [0.25, 0.3) is 0 Å². The Bertz CT molecular complexity index is 960. The maximum Gasteiger partial charge on any atom is 0.425 e. The molecule has 3 heterocycles. The first kappa shape index (κ1) is 18.2. The van der Waals surface area contributed by atoms with Crippen molar-refractivity contribution in [3.63, 3.8) is 0 Å². The highest BCUT2D eigenvalue weighted by molar-refractivity contribution is 7.14. The Labute approximate surface area is 152 Å². The van der Waals surface area contributed by atoms with E-state index in [1.165, 1.54) is 24.3 Å². The number of nitrogens with zero attached hydrogens (tertiary/aromatic N) is 2. The molecule has 3 rings (SSSR count). The number of rotatable bonds is 5. The lowest BCUT2D eigenvalue weighted by Crippen LogP contribution is -2.00. The first-order valence-electron chi connectivity index (χ1n) is 6.97. The van der Waals surface area contributed by atoms with Crippen molar-refractivity contribution in [3.05, 3.63) is 56.8 Å². The summed E-state index contributed by atoms with van der Waals surface area (Å²) in [6.07, 6.45) is -4.46. The van der Waals surface area contributed by atoms with Crippen molar-refractivity contribution in [3.8, 4) is 22.9 Å². The van der Waals surface area contributed by atoms with Crippen LogP contribution in [0.4, 0.5) is 17.6 Å². The first-order chi connectivity index (χ1) is 12.3. The average Bonchev–Trinajstić information content (AvgIpc) is 3.21. The molecule has 0 N–H and O–H groups in total. The highest BCUT2D eigenvalue weighted by Crippen LogP contribution is 2.39. The van der Waals surface area contributed by atoms with Gasteiger partial charge < -0.3 is 9.47 Å². The van der Waals surface area contributed by atoms with E-state index in [4.69, 9.17) is 14.7 Å². The zero-order valence-electron chi connectivity index (χ0n) is 12.7. The summed E-state index contributed by atoms with van der Waals surface area (Å²) in [5.41, 5.74) is 0.162. The fourth-order valence-corrected chi connectivity index (χ4v) is 3.25. The number of aromatic nitrogens is 1. The van der Waals surface area contributed by atoms with E-state index in [0.717, 1.165) is 17.4 Å². The largest absolute Gasteiger partial charge is 0.472 e. The van der Waals surface area contributed by atoms with Crippen LogP contribution in [0, 0.1) is 16.5 Å². The van der Waals surface area contributed by atoms with E-state index in [9.17, 15) is 17.6 Å². The lowest BCUT2D eigenvalue weighted by atomic mass is 10.3. The third-order valence-electron chi connectivity index (χ3n) is 2.96. The molecule has 0 amide bonds. The molecule has 0 aliphatic carbocycles. The van der Waals surface area contributed by atoms with Crippen molar-refractivity contribution in [2.45, 2.75) is 12.8 Å². The standard InChI is InChI=1S/C16H8F4N2O2S2/c17-12-3-1-10(25-12)8-23-13-5-9(7-21)6-14(22-13)24-15-4-2-11(26-15)16(18,19)20/h1-6H,8H2. The van der Waals surface area contributed by atoms with Gasteiger partial charge in [-0.25, -0.2) is 0 Å². The minimum atomic E-state index is -4.46. The van der Waals surface area contributed by atoms with Crippen LogP contribution in [0.3, 0.4) is 0 Å². The molecule has 10 heteroatoms. The molecule has 0 aromatic carbocycles. The van der Waals surface area contributed by atoms with Crippen molar-refractivity contribution < 1.29 is 27.0 Å². The molecular weight excluding hydrogens is 392 g/mol. The van der Waals surface area contributed by atoms with Crippen LogP contribution < -0.4 is 9.47 Å². The van der Waals surface area contributed by atoms with Crippen molar-refractivity contribution in [1.82, 2.24) is 4.98 Å². The Kier molecular flexibility index (Phi) is 5.11. The predicted octanol–water partition coefficient (Wildman–Crippen LogP) is 5.61. The molecule has 0 radical (unpaired) electrons. The number of nitriles is 1. The van der Waals surface area contributed by atoms with Crippen LogP contribution in [0.1, 0.15) is 15.3 Å².